The highest BCUT2D eigenvalue weighted by molar-refractivity contribution is 5.78. The van der Waals surface area contributed by atoms with Crippen LogP contribution in [0.3, 0.4) is 0 Å². The first-order valence-corrected chi connectivity index (χ1v) is 12.9. The van der Waals surface area contributed by atoms with Gasteiger partial charge in [0.1, 0.15) is 12.1 Å². The highest BCUT2D eigenvalue weighted by Gasteiger charge is 2.22. The van der Waals surface area contributed by atoms with Crippen LogP contribution < -0.4 is 44.2 Å². The number of carboxylic acids is 2. The molecule has 1 heterocycles. The fourth-order valence-electron chi connectivity index (χ4n) is 3.40. The molecule has 0 bridgehead atoms. The number of hydrogen-bond acceptors (Lipinski definition) is 11. The molecule has 0 saturated carbocycles. The zero-order chi connectivity index (χ0) is 29.0. The molecular weight excluding hydrogens is 510 g/mol. The Morgan fingerprint density at radius 3 is 1.56 bits per heavy atom. The molecule has 1 aromatic rings. The van der Waals surface area contributed by atoms with Crippen molar-refractivity contribution in [2.75, 3.05) is 49.2 Å². The highest BCUT2D eigenvalue weighted by atomic mass is 16.4. The third-order valence-corrected chi connectivity index (χ3v) is 5.37. The summed E-state index contributed by atoms with van der Waals surface area (Å²) in [5.41, 5.74) is 21.2. The van der Waals surface area contributed by atoms with Crippen molar-refractivity contribution < 1.29 is 19.8 Å². The molecule has 0 amide bonds. The number of nitrogens with two attached hydrogens (primary N) is 4. The second kappa shape index (κ2) is 19.0. The molecule has 0 radical (unpaired) electrons. The number of aromatic nitrogens is 3. The maximum atomic E-state index is 11.8. The van der Waals surface area contributed by atoms with Gasteiger partial charge in [0.15, 0.2) is 11.9 Å². The fraction of sp³-hybridized carbons (Fsp3) is 0.682. The molecule has 17 heteroatoms. The Hall–Kier alpha value is -4.15. The maximum absolute atomic E-state index is 11.8. The Labute approximate surface area is 227 Å². The lowest BCUT2D eigenvalue weighted by Gasteiger charge is -2.18. The zero-order valence-corrected chi connectivity index (χ0v) is 22.4. The SMILES string of the molecule is CNCCCCCCNc1nc(NC(CCCN=C(N)N)C(=O)O)nc(NC(CCCN=C(N)N)C(=O)O)n1. The van der Waals surface area contributed by atoms with E-state index in [1.54, 1.807) is 0 Å². The smallest absolute Gasteiger partial charge is 0.326 e. The van der Waals surface area contributed by atoms with Gasteiger partial charge in [-0.25, -0.2) is 9.59 Å². The predicted molar refractivity (Wildman–Crippen MR) is 151 cm³/mol. The summed E-state index contributed by atoms with van der Waals surface area (Å²) in [6.45, 7) is 2.06. The number of aliphatic carboxylic acids is 2. The average Bonchev–Trinajstić information content (AvgIpc) is 2.86. The van der Waals surface area contributed by atoms with Crippen LogP contribution in [0, 0.1) is 0 Å². The van der Waals surface area contributed by atoms with E-state index in [0.717, 1.165) is 32.2 Å². The van der Waals surface area contributed by atoms with Crippen LogP contribution in [-0.2, 0) is 9.59 Å². The highest BCUT2D eigenvalue weighted by Crippen LogP contribution is 2.15. The van der Waals surface area contributed by atoms with Gasteiger partial charge in [-0.2, -0.15) is 15.0 Å². The van der Waals surface area contributed by atoms with Crippen molar-refractivity contribution in [2.24, 2.45) is 32.9 Å². The second-order valence-corrected chi connectivity index (χ2v) is 8.72. The molecule has 0 aliphatic heterocycles. The van der Waals surface area contributed by atoms with Gasteiger partial charge in [0, 0.05) is 19.6 Å². The molecule has 1 rings (SSSR count). The fourth-order valence-corrected chi connectivity index (χ4v) is 3.40. The van der Waals surface area contributed by atoms with Gasteiger partial charge in [-0.15, -0.1) is 0 Å². The molecule has 0 aliphatic rings. The molecule has 220 valence electrons. The van der Waals surface area contributed by atoms with Crippen molar-refractivity contribution in [1.82, 2.24) is 20.3 Å². The van der Waals surface area contributed by atoms with Crippen LogP contribution >= 0.6 is 0 Å². The van der Waals surface area contributed by atoms with Crippen LogP contribution in [0.1, 0.15) is 51.4 Å². The minimum atomic E-state index is -1.12. The number of guanidine groups is 2. The molecule has 0 aromatic carbocycles. The number of rotatable bonds is 22. The lowest BCUT2D eigenvalue weighted by molar-refractivity contribution is -0.139. The van der Waals surface area contributed by atoms with Crippen molar-refractivity contribution in [1.29, 1.82) is 0 Å². The Morgan fingerprint density at radius 1 is 0.718 bits per heavy atom. The van der Waals surface area contributed by atoms with Gasteiger partial charge in [0.05, 0.1) is 0 Å². The molecule has 0 saturated heterocycles. The van der Waals surface area contributed by atoms with E-state index < -0.39 is 24.0 Å². The summed E-state index contributed by atoms with van der Waals surface area (Å²) in [6, 6.07) is -2.08. The van der Waals surface area contributed by atoms with Gasteiger partial charge in [-0.05, 0) is 52.1 Å². The Kier molecular flexibility index (Phi) is 16.0. The lowest BCUT2D eigenvalue weighted by atomic mass is 10.1. The Morgan fingerprint density at radius 2 is 1.15 bits per heavy atom. The Bertz CT molecular complexity index is 874. The molecule has 1 aromatic heterocycles. The summed E-state index contributed by atoms with van der Waals surface area (Å²) < 4.78 is 0. The van der Waals surface area contributed by atoms with Crippen molar-refractivity contribution in [3.8, 4) is 0 Å². The van der Waals surface area contributed by atoms with Crippen molar-refractivity contribution in [2.45, 2.75) is 63.5 Å². The molecule has 39 heavy (non-hydrogen) atoms. The summed E-state index contributed by atoms with van der Waals surface area (Å²) in [4.78, 5) is 44.1. The standard InChI is InChI=1S/C22H43N13O4/c1-27-10-4-2-3-5-11-30-20-33-21(31-14(16(36)37)8-6-12-28-18(23)24)35-22(34-20)32-15(17(38)39)9-7-13-29-19(25)26/h14-15,27H,2-13H2,1H3,(H,36,37)(H,38,39)(H4,23,24,28)(H4,25,26,29)(H3,30,31,32,33,34,35). The quantitative estimate of drug-likeness (QED) is 0.0463. The second-order valence-electron chi connectivity index (χ2n) is 8.72. The number of carboxylic acid groups (broad SMARTS) is 2. The largest absolute Gasteiger partial charge is 0.480 e. The van der Waals surface area contributed by atoms with Crippen LogP contribution in [0.25, 0.3) is 0 Å². The molecule has 2 unspecified atom stereocenters. The van der Waals surface area contributed by atoms with Gasteiger partial charge in [-0.3, -0.25) is 9.98 Å². The zero-order valence-electron chi connectivity index (χ0n) is 22.4. The first kappa shape index (κ1) is 32.9. The molecule has 0 spiro atoms. The molecular formula is C22H43N13O4. The first-order valence-electron chi connectivity index (χ1n) is 12.9. The number of hydrogen-bond donors (Lipinski definition) is 10. The summed E-state index contributed by atoms with van der Waals surface area (Å²) in [7, 11) is 1.91. The van der Waals surface area contributed by atoms with Crippen LogP contribution in [0.5, 0.6) is 0 Å². The van der Waals surface area contributed by atoms with E-state index in [0.29, 0.717) is 19.4 Å². The minimum absolute atomic E-state index is 0.0251. The van der Waals surface area contributed by atoms with E-state index in [2.05, 4.69) is 46.2 Å². The number of unbranched alkanes of at least 4 members (excludes halogenated alkanes) is 3. The van der Waals surface area contributed by atoms with Gasteiger partial charge in [-0.1, -0.05) is 12.8 Å². The third-order valence-electron chi connectivity index (χ3n) is 5.37. The normalized spacial score (nSPS) is 12.1. The van der Waals surface area contributed by atoms with E-state index in [9.17, 15) is 19.8 Å². The molecule has 0 aliphatic carbocycles. The monoisotopic (exact) mass is 553 g/mol. The summed E-state index contributed by atoms with van der Waals surface area (Å²) in [6.07, 6.45) is 5.19. The van der Waals surface area contributed by atoms with Gasteiger partial charge < -0.3 is 54.4 Å². The van der Waals surface area contributed by atoms with Gasteiger partial charge >= 0.3 is 11.9 Å². The minimum Gasteiger partial charge on any atom is -0.480 e. The first-order chi connectivity index (χ1) is 18.6. The summed E-state index contributed by atoms with van der Waals surface area (Å²) in [5, 5.41) is 31.1. The van der Waals surface area contributed by atoms with Crippen molar-refractivity contribution >= 4 is 41.7 Å². The van der Waals surface area contributed by atoms with Crippen LogP contribution in [0.15, 0.2) is 9.98 Å². The van der Waals surface area contributed by atoms with Crippen LogP contribution in [0.4, 0.5) is 17.8 Å². The number of nitrogens with one attached hydrogen (secondary N) is 4. The maximum Gasteiger partial charge on any atom is 0.326 e. The number of carbonyl (C=O) groups is 2. The van der Waals surface area contributed by atoms with E-state index in [1.165, 1.54) is 0 Å². The van der Waals surface area contributed by atoms with E-state index in [1.807, 2.05) is 7.05 Å². The average molecular weight is 554 g/mol. The van der Waals surface area contributed by atoms with E-state index >= 15 is 0 Å². The van der Waals surface area contributed by atoms with Crippen LogP contribution in [0.2, 0.25) is 0 Å². The van der Waals surface area contributed by atoms with Crippen molar-refractivity contribution in [3.63, 3.8) is 0 Å². The van der Waals surface area contributed by atoms with Crippen LogP contribution in [-0.4, -0.2) is 94.3 Å². The Balaban J connectivity index is 3.00. The molecule has 2 atom stereocenters. The predicted octanol–water partition coefficient (Wildman–Crippen LogP) is -1.10. The van der Waals surface area contributed by atoms with Crippen molar-refractivity contribution in [3.05, 3.63) is 0 Å². The van der Waals surface area contributed by atoms with E-state index in [4.69, 9.17) is 22.9 Å². The molecule has 17 nitrogen and oxygen atoms in total. The van der Waals surface area contributed by atoms with Gasteiger partial charge in [0.2, 0.25) is 17.8 Å². The number of anilines is 3. The topological polar surface area (TPSA) is 290 Å². The van der Waals surface area contributed by atoms with E-state index in [-0.39, 0.29) is 55.7 Å². The molecule has 14 N–H and O–H groups in total. The third kappa shape index (κ3) is 15.6. The lowest BCUT2D eigenvalue weighted by Crippen LogP contribution is -2.32. The van der Waals surface area contributed by atoms with Gasteiger partial charge in [0.25, 0.3) is 0 Å². The number of nitrogens with zero attached hydrogens (tertiary/aromatic N) is 5. The number of aliphatic imine (C=N–C) groups is 2. The summed E-state index contributed by atoms with van der Waals surface area (Å²) >= 11 is 0. The molecule has 0 fully saturated rings. The summed E-state index contributed by atoms with van der Waals surface area (Å²) in [5.74, 6) is -2.26.